The molecule has 4 aromatic rings. The number of carbonyl (C=O) groups excluding carboxylic acids is 1. The number of likely N-dealkylation sites (N-methyl/N-ethyl adjacent to an activating group) is 1. The molecular formula is C33H39N5O2. The number of piperazine rings is 1. The Hall–Kier alpha value is -3.94. The van der Waals surface area contributed by atoms with Crippen LogP contribution in [0.25, 0.3) is 21.9 Å². The average molecular weight is 538 g/mol. The van der Waals surface area contributed by atoms with Gasteiger partial charge in [-0.25, -0.2) is 4.79 Å². The summed E-state index contributed by atoms with van der Waals surface area (Å²) in [6.07, 6.45) is 1.96. The van der Waals surface area contributed by atoms with E-state index in [1.807, 2.05) is 48.7 Å². The van der Waals surface area contributed by atoms with Gasteiger partial charge in [-0.2, -0.15) is 0 Å². The summed E-state index contributed by atoms with van der Waals surface area (Å²) in [7, 11) is 3.78. The number of rotatable bonds is 6. The highest BCUT2D eigenvalue weighted by molar-refractivity contribution is 6.10. The number of nitrogens with one attached hydrogen (secondary N) is 2. The van der Waals surface area contributed by atoms with Gasteiger partial charge in [-0.05, 0) is 53.2 Å². The first kappa shape index (κ1) is 27.6. The first-order valence-corrected chi connectivity index (χ1v) is 13.9. The van der Waals surface area contributed by atoms with Crippen LogP contribution in [0.2, 0.25) is 0 Å². The fourth-order valence-electron chi connectivity index (χ4n) is 5.12. The van der Waals surface area contributed by atoms with Gasteiger partial charge in [0.1, 0.15) is 5.75 Å². The molecule has 0 radical (unpaired) electrons. The van der Waals surface area contributed by atoms with E-state index in [2.05, 4.69) is 72.5 Å². The average Bonchev–Trinajstić information content (AvgIpc) is 2.94. The Balaban J connectivity index is 1.35. The van der Waals surface area contributed by atoms with Gasteiger partial charge >= 0.3 is 6.03 Å². The summed E-state index contributed by atoms with van der Waals surface area (Å²) in [4.78, 5) is 22.7. The molecule has 0 spiro atoms. The summed E-state index contributed by atoms with van der Waals surface area (Å²) in [5, 5.41) is 8.05. The van der Waals surface area contributed by atoms with Crippen molar-refractivity contribution in [3.8, 4) is 16.9 Å². The van der Waals surface area contributed by atoms with E-state index >= 15 is 0 Å². The van der Waals surface area contributed by atoms with Crippen LogP contribution in [0.15, 0.2) is 72.9 Å². The Labute approximate surface area is 237 Å². The third kappa shape index (κ3) is 6.27. The normalized spacial score (nSPS) is 14.7. The van der Waals surface area contributed by atoms with Crippen LogP contribution in [-0.2, 0) is 12.0 Å². The van der Waals surface area contributed by atoms with Gasteiger partial charge in [-0.1, -0.05) is 63.2 Å². The lowest BCUT2D eigenvalue weighted by Gasteiger charge is -2.32. The highest BCUT2D eigenvalue weighted by atomic mass is 16.5. The maximum Gasteiger partial charge on any atom is 0.323 e. The summed E-state index contributed by atoms with van der Waals surface area (Å²) >= 11 is 0. The molecule has 0 atom stereocenters. The van der Waals surface area contributed by atoms with E-state index in [0.717, 1.165) is 71.6 Å². The molecule has 0 unspecified atom stereocenters. The van der Waals surface area contributed by atoms with Crippen molar-refractivity contribution in [1.29, 1.82) is 0 Å². The van der Waals surface area contributed by atoms with Crippen LogP contribution < -0.4 is 15.4 Å². The standard InChI is InChI=1S/C33H39N5O2/c1-33(2,3)24-11-15-31(40-5)30(20-24)36-32(39)35-29-14-13-26(27-8-6-7-9-28(27)29)23-10-12-25(34-21-23)22-38-18-16-37(4)17-19-38/h6-15,20-21H,16-19,22H2,1-5H3,(H2,35,36,39). The topological polar surface area (TPSA) is 69.7 Å². The van der Waals surface area contributed by atoms with Crippen LogP contribution in [0.1, 0.15) is 32.0 Å². The molecule has 208 valence electrons. The third-order valence-electron chi connectivity index (χ3n) is 7.60. The molecule has 2 heterocycles. The molecule has 0 bridgehead atoms. The van der Waals surface area contributed by atoms with E-state index in [9.17, 15) is 4.79 Å². The number of fused-ring (bicyclic) bond motifs is 1. The number of benzene rings is 3. The van der Waals surface area contributed by atoms with E-state index in [-0.39, 0.29) is 11.4 Å². The lowest BCUT2D eigenvalue weighted by molar-refractivity contribution is 0.147. The summed E-state index contributed by atoms with van der Waals surface area (Å²) in [5.74, 6) is 0.618. The lowest BCUT2D eigenvalue weighted by Crippen LogP contribution is -2.43. The molecule has 0 saturated carbocycles. The summed E-state index contributed by atoms with van der Waals surface area (Å²) in [5.41, 5.74) is 5.65. The van der Waals surface area contributed by atoms with E-state index in [1.54, 1.807) is 7.11 Å². The number of carbonyl (C=O) groups is 1. The van der Waals surface area contributed by atoms with E-state index in [0.29, 0.717) is 11.4 Å². The number of pyridine rings is 1. The second kappa shape index (κ2) is 11.7. The molecule has 1 saturated heterocycles. The Kier molecular flexibility index (Phi) is 8.05. The van der Waals surface area contributed by atoms with E-state index < -0.39 is 0 Å². The number of hydrogen-bond donors (Lipinski definition) is 2. The first-order chi connectivity index (χ1) is 19.2. The zero-order valence-electron chi connectivity index (χ0n) is 24.1. The Morgan fingerprint density at radius 1 is 0.900 bits per heavy atom. The third-order valence-corrected chi connectivity index (χ3v) is 7.60. The number of methoxy groups -OCH3 is 1. The number of hydrogen-bond acceptors (Lipinski definition) is 5. The van der Waals surface area contributed by atoms with Crippen molar-refractivity contribution in [2.75, 3.05) is 51.0 Å². The predicted octanol–water partition coefficient (Wildman–Crippen LogP) is 6.60. The minimum absolute atomic E-state index is 0.0527. The van der Waals surface area contributed by atoms with Crippen molar-refractivity contribution >= 4 is 28.2 Å². The smallest absolute Gasteiger partial charge is 0.323 e. The quantitative estimate of drug-likeness (QED) is 0.290. The van der Waals surface area contributed by atoms with Gasteiger partial charge < -0.3 is 20.3 Å². The van der Waals surface area contributed by atoms with Crippen molar-refractivity contribution in [3.05, 3.63) is 84.2 Å². The molecule has 2 amide bonds. The number of ether oxygens (including phenoxy) is 1. The first-order valence-electron chi connectivity index (χ1n) is 13.9. The van der Waals surface area contributed by atoms with Crippen LogP contribution in [0, 0.1) is 0 Å². The molecular weight excluding hydrogens is 498 g/mol. The fourth-order valence-corrected chi connectivity index (χ4v) is 5.12. The Bertz CT molecular complexity index is 1490. The zero-order valence-corrected chi connectivity index (χ0v) is 24.1. The molecule has 40 heavy (non-hydrogen) atoms. The molecule has 7 nitrogen and oxygen atoms in total. The minimum Gasteiger partial charge on any atom is -0.495 e. The predicted molar refractivity (Wildman–Crippen MR) is 164 cm³/mol. The monoisotopic (exact) mass is 537 g/mol. The maximum absolute atomic E-state index is 13.1. The molecule has 3 aromatic carbocycles. The number of aromatic nitrogens is 1. The van der Waals surface area contributed by atoms with Gasteiger partial charge in [0.2, 0.25) is 0 Å². The highest BCUT2D eigenvalue weighted by Crippen LogP contribution is 2.34. The highest BCUT2D eigenvalue weighted by Gasteiger charge is 2.18. The lowest BCUT2D eigenvalue weighted by atomic mass is 9.87. The van der Waals surface area contributed by atoms with Crippen LogP contribution in [-0.4, -0.2) is 61.2 Å². The SMILES string of the molecule is COc1ccc(C(C)(C)C)cc1NC(=O)Nc1ccc(-c2ccc(CN3CCN(C)CC3)nc2)c2ccccc12. The van der Waals surface area contributed by atoms with Crippen molar-refractivity contribution in [3.63, 3.8) is 0 Å². The van der Waals surface area contributed by atoms with Gasteiger partial charge in [0.05, 0.1) is 24.2 Å². The Morgan fingerprint density at radius 3 is 2.30 bits per heavy atom. The van der Waals surface area contributed by atoms with Gasteiger partial charge in [0.15, 0.2) is 0 Å². The van der Waals surface area contributed by atoms with Crippen molar-refractivity contribution in [2.24, 2.45) is 0 Å². The summed E-state index contributed by atoms with van der Waals surface area (Å²) in [6, 6.07) is 22.0. The van der Waals surface area contributed by atoms with Crippen molar-refractivity contribution in [2.45, 2.75) is 32.7 Å². The summed E-state index contributed by atoms with van der Waals surface area (Å²) in [6.45, 7) is 11.6. The van der Waals surface area contributed by atoms with E-state index in [4.69, 9.17) is 9.72 Å². The fraction of sp³-hybridized carbons (Fsp3) is 0.333. The van der Waals surface area contributed by atoms with E-state index in [1.165, 1.54) is 0 Å². The number of nitrogens with zero attached hydrogens (tertiary/aromatic N) is 3. The molecule has 1 aliphatic rings. The zero-order chi connectivity index (χ0) is 28.3. The summed E-state index contributed by atoms with van der Waals surface area (Å²) < 4.78 is 5.50. The van der Waals surface area contributed by atoms with Crippen LogP contribution in [0.3, 0.4) is 0 Å². The van der Waals surface area contributed by atoms with Crippen LogP contribution in [0.4, 0.5) is 16.2 Å². The van der Waals surface area contributed by atoms with Crippen molar-refractivity contribution in [1.82, 2.24) is 14.8 Å². The molecule has 1 aliphatic heterocycles. The van der Waals surface area contributed by atoms with Crippen LogP contribution in [0.5, 0.6) is 5.75 Å². The van der Waals surface area contributed by atoms with Gasteiger partial charge in [-0.3, -0.25) is 9.88 Å². The van der Waals surface area contributed by atoms with Crippen LogP contribution >= 0.6 is 0 Å². The molecule has 2 N–H and O–H groups in total. The number of amides is 2. The molecule has 1 aromatic heterocycles. The van der Waals surface area contributed by atoms with Gasteiger partial charge in [0.25, 0.3) is 0 Å². The molecule has 0 aliphatic carbocycles. The van der Waals surface area contributed by atoms with Crippen molar-refractivity contribution < 1.29 is 9.53 Å². The minimum atomic E-state index is -0.322. The Morgan fingerprint density at radius 2 is 1.62 bits per heavy atom. The molecule has 5 rings (SSSR count). The number of anilines is 2. The second-order valence-corrected chi connectivity index (χ2v) is 11.6. The molecule has 7 heteroatoms. The van der Waals surface area contributed by atoms with Gasteiger partial charge in [-0.15, -0.1) is 0 Å². The van der Waals surface area contributed by atoms with Gasteiger partial charge in [0, 0.05) is 49.9 Å². The second-order valence-electron chi connectivity index (χ2n) is 11.6. The molecule has 1 fully saturated rings. The maximum atomic E-state index is 13.1. The largest absolute Gasteiger partial charge is 0.495 e. The number of urea groups is 1.